The topological polar surface area (TPSA) is 3.24 Å². The second-order valence-electron chi connectivity index (χ2n) is 15.1. The van der Waals surface area contributed by atoms with Gasteiger partial charge in [-0.2, -0.15) is 0 Å². The molecule has 1 nitrogen and oxygen atoms in total. The van der Waals surface area contributed by atoms with Gasteiger partial charge in [-0.1, -0.05) is 164 Å². The van der Waals surface area contributed by atoms with Gasteiger partial charge < -0.3 is 4.90 Å². The molecule has 0 aromatic heterocycles. The lowest BCUT2D eigenvalue weighted by molar-refractivity contribution is 1.29. The summed E-state index contributed by atoms with van der Waals surface area (Å²) in [6, 6.07) is 77.6. The third kappa shape index (κ3) is 6.44. The lowest BCUT2D eigenvalue weighted by atomic mass is 9.92. The average Bonchev–Trinajstić information content (AvgIpc) is 3.27. The van der Waals surface area contributed by atoms with E-state index < -0.39 is 0 Å². The molecule has 0 unspecified atom stereocenters. The molecule has 10 aromatic rings. The maximum atomic E-state index is 2.38. The molecule has 270 valence electrons. The number of nitrogens with zero attached hydrogens (tertiary/aromatic N) is 1. The van der Waals surface area contributed by atoms with Gasteiger partial charge in [0.05, 0.1) is 0 Å². The first-order valence-corrected chi connectivity index (χ1v) is 19.7. The Bertz CT molecular complexity index is 3050. The van der Waals surface area contributed by atoms with Crippen molar-refractivity contribution in [1.82, 2.24) is 0 Å². The highest BCUT2D eigenvalue weighted by Crippen LogP contribution is 2.41. The summed E-state index contributed by atoms with van der Waals surface area (Å²) in [5.41, 5.74) is 15.8. The monoisotopic (exact) mass is 727 g/mol. The molecule has 0 spiro atoms. The molecule has 0 saturated heterocycles. The van der Waals surface area contributed by atoms with Crippen molar-refractivity contribution in [3.63, 3.8) is 0 Å². The normalized spacial score (nSPS) is 11.3. The van der Waals surface area contributed by atoms with Crippen LogP contribution < -0.4 is 4.90 Å². The Labute approximate surface area is 334 Å². The quantitative estimate of drug-likeness (QED) is 0.158. The largest absolute Gasteiger partial charge is 0.310 e. The standard InChI is InChI=1S/C56H41N/c1-38-11-10-12-39(2)56(38)43-25-30-50(31-26-43)57(51-32-27-47-36-46(21-22-48(47)37-51)45-20-19-40-13-6-7-16-44(40)35-45)49-28-23-42(24-29-49)53-34-33-52(41-14-4-3-5-15-41)54-17-8-9-18-55(53)54/h3-37H,1-2H3. The van der Waals surface area contributed by atoms with Crippen molar-refractivity contribution >= 4 is 49.4 Å². The van der Waals surface area contributed by atoms with Crippen molar-refractivity contribution in [2.75, 3.05) is 4.90 Å². The molecule has 1 heteroatoms. The predicted molar refractivity (Wildman–Crippen MR) is 245 cm³/mol. The van der Waals surface area contributed by atoms with E-state index in [1.165, 1.54) is 88.0 Å². The van der Waals surface area contributed by atoms with E-state index in [1.807, 2.05) is 0 Å². The number of benzene rings is 10. The Hall–Kier alpha value is -7.22. The number of fused-ring (bicyclic) bond motifs is 3. The Morgan fingerprint density at radius 1 is 0.281 bits per heavy atom. The van der Waals surface area contributed by atoms with E-state index in [4.69, 9.17) is 0 Å². The maximum absolute atomic E-state index is 2.38. The molecule has 0 atom stereocenters. The molecule has 0 saturated carbocycles. The van der Waals surface area contributed by atoms with Gasteiger partial charge in [0.15, 0.2) is 0 Å². The number of hydrogen-bond acceptors (Lipinski definition) is 1. The molecular weight excluding hydrogens is 687 g/mol. The van der Waals surface area contributed by atoms with Crippen molar-refractivity contribution < 1.29 is 0 Å². The SMILES string of the molecule is Cc1cccc(C)c1-c1ccc(N(c2ccc(-c3ccc(-c4ccccc4)c4ccccc34)cc2)c2ccc3cc(-c4ccc5ccccc5c4)ccc3c2)cc1. The highest BCUT2D eigenvalue weighted by molar-refractivity contribution is 6.05. The van der Waals surface area contributed by atoms with Crippen LogP contribution in [0.15, 0.2) is 212 Å². The fourth-order valence-electron chi connectivity index (χ4n) is 8.63. The van der Waals surface area contributed by atoms with Crippen LogP contribution >= 0.6 is 0 Å². The zero-order valence-electron chi connectivity index (χ0n) is 32.2. The molecular formula is C56H41N. The first kappa shape index (κ1) is 34.3. The Morgan fingerprint density at radius 2 is 0.719 bits per heavy atom. The van der Waals surface area contributed by atoms with Crippen molar-refractivity contribution in [3.8, 4) is 44.5 Å². The van der Waals surface area contributed by atoms with Gasteiger partial charge >= 0.3 is 0 Å². The van der Waals surface area contributed by atoms with Crippen LogP contribution in [-0.2, 0) is 0 Å². The molecule has 0 heterocycles. The van der Waals surface area contributed by atoms with Gasteiger partial charge in [-0.15, -0.1) is 0 Å². The van der Waals surface area contributed by atoms with E-state index >= 15 is 0 Å². The van der Waals surface area contributed by atoms with E-state index in [-0.39, 0.29) is 0 Å². The number of rotatable bonds is 7. The van der Waals surface area contributed by atoms with Gasteiger partial charge in [0, 0.05) is 17.1 Å². The third-order valence-electron chi connectivity index (χ3n) is 11.5. The third-order valence-corrected chi connectivity index (χ3v) is 11.5. The first-order valence-electron chi connectivity index (χ1n) is 19.7. The van der Waals surface area contributed by atoms with Crippen molar-refractivity contribution in [3.05, 3.63) is 223 Å². The van der Waals surface area contributed by atoms with Gasteiger partial charge in [0.2, 0.25) is 0 Å². The van der Waals surface area contributed by atoms with Gasteiger partial charge in [0.1, 0.15) is 0 Å². The lowest BCUT2D eigenvalue weighted by Crippen LogP contribution is -2.10. The Balaban J connectivity index is 1.05. The minimum atomic E-state index is 1.11. The van der Waals surface area contributed by atoms with Crippen LogP contribution in [0.5, 0.6) is 0 Å². The summed E-state index contributed by atoms with van der Waals surface area (Å²) >= 11 is 0. The van der Waals surface area contributed by atoms with Crippen LogP contribution in [0, 0.1) is 13.8 Å². The molecule has 0 N–H and O–H groups in total. The minimum Gasteiger partial charge on any atom is -0.310 e. The average molecular weight is 728 g/mol. The smallest absolute Gasteiger partial charge is 0.0468 e. The molecule has 0 radical (unpaired) electrons. The molecule has 10 aromatic carbocycles. The highest BCUT2D eigenvalue weighted by Gasteiger charge is 2.16. The number of hydrogen-bond donors (Lipinski definition) is 0. The van der Waals surface area contributed by atoms with E-state index in [1.54, 1.807) is 0 Å². The van der Waals surface area contributed by atoms with Gasteiger partial charge in [-0.3, -0.25) is 0 Å². The van der Waals surface area contributed by atoms with Gasteiger partial charge in [0.25, 0.3) is 0 Å². The fourth-order valence-corrected chi connectivity index (χ4v) is 8.63. The predicted octanol–water partition coefficient (Wildman–Crippen LogP) is 15.9. The Morgan fingerprint density at radius 3 is 1.35 bits per heavy atom. The fraction of sp³-hybridized carbons (Fsp3) is 0.0357. The second kappa shape index (κ2) is 14.5. The second-order valence-corrected chi connectivity index (χ2v) is 15.1. The molecule has 57 heavy (non-hydrogen) atoms. The summed E-state index contributed by atoms with van der Waals surface area (Å²) in [5, 5.41) is 7.45. The van der Waals surface area contributed by atoms with Crippen LogP contribution in [-0.4, -0.2) is 0 Å². The molecule has 0 aliphatic heterocycles. The summed E-state index contributed by atoms with van der Waals surface area (Å²) in [7, 11) is 0. The zero-order chi connectivity index (χ0) is 38.3. The summed E-state index contributed by atoms with van der Waals surface area (Å²) in [5.74, 6) is 0. The number of aryl methyl sites for hydroxylation is 2. The van der Waals surface area contributed by atoms with E-state index in [9.17, 15) is 0 Å². The molecule has 10 rings (SSSR count). The molecule has 0 aliphatic rings. The van der Waals surface area contributed by atoms with E-state index in [0.717, 1.165) is 17.1 Å². The molecule has 0 amide bonds. The van der Waals surface area contributed by atoms with Crippen LogP contribution in [0.4, 0.5) is 17.1 Å². The maximum Gasteiger partial charge on any atom is 0.0468 e. The molecule has 0 bridgehead atoms. The van der Waals surface area contributed by atoms with Crippen molar-refractivity contribution in [2.45, 2.75) is 13.8 Å². The van der Waals surface area contributed by atoms with Gasteiger partial charge in [-0.05, 0) is 150 Å². The van der Waals surface area contributed by atoms with E-state index in [0.29, 0.717) is 0 Å². The first-order chi connectivity index (χ1) is 28.1. The van der Waals surface area contributed by atoms with E-state index in [2.05, 4.69) is 231 Å². The highest BCUT2D eigenvalue weighted by atomic mass is 15.1. The Kier molecular flexibility index (Phi) is 8.69. The van der Waals surface area contributed by atoms with Crippen molar-refractivity contribution in [1.29, 1.82) is 0 Å². The van der Waals surface area contributed by atoms with Crippen molar-refractivity contribution in [2.24, 2.45) is 0 Å². The molecule has 0 fully saturated rings. The van der Waals surface area contributed by atoms with Crippen LogP contribution in [0.25, 0.3) is 76.8 Å². The van der Waals surface area contributed by atoms with Gasteiger partial charge in [-0.25, -0.2) is 0 Å². The summed E-state index contributed by atoms with van der Waals surface area (Å²) in [4.78, 5) is 2.38. The van der Waals surface area contributed by atoms with Crippen LogP contribution in [0.3, 0.4) is 0 Å². The van der Waals surface area contributed by atoms with Crippen LogP contribution in [0.2, 0.25) is 0 Å². The minimum absolute atomic E-state index is 1.11. The zero-order valence-corrected chi connectivity index (χ0v) is 32.2. The summed E-state index contributed by atoms with van der Waals surface area (Å²) < 4.78 is 0. The lowest BCUT2D eigenvalue weighted by Gasteiger charge is -2.26. The number of anilines is 3. The van der Waals surface area contributed by atoms with Crippen LogP contribution in [0.1, 0.15) is 11.1 Å². The summed E-state index contributed by atoms with van der Waals surface area (Å²) in [6.07, 6.45) is 0. The summed E-state index contributed by atoms with van der Waals surface area (Å²) in [6.45, 7) is 4.39. The molecule has 0 aliphatic carbocycles.